The average molecular weight is 458 g/mol. The van der Waals surface area contributed by atoms with Gasteiger partial charge in [0.05, 0.1) is 0 Å². The topological polar surface area (TPSA) is 152 Å². The molecule has 0 bridgehead atoms. The van der Waals surface area contributed by atoms with Crippen molar-refractivity contribution in [3.8, 4) is 11.5 Å². The third kappa shape index (κ3) is 4.78. The SMILES string of the molecule is Cc1ccc(Oc2ccc(C(C[C@H](O)C(=O)NO)(c3ccncc3)S(N)(=O)=O)cc2)cc1. The Balaban J connectivity index is 2.08. The summed E-state index contributed by atoms with van der Waals surface area (Å²) >= 11 is 0. The molecule has 0 spiro atoms. The van der Waals surface area contributed by atoms with Crippen molar-refractivity contribution in [3.05, 3.63) is 89.7 Å². The number of carbonyl (C=O) groups excluding carboxylic acids is 1. The lowest BCUT2D eigenvalue weighted by Crippen LogP contribution is -2.47. The van der Waals surface area contributed by atoms with Crippen molar-refractivity contribution in [3.63, 3.8) is 0 Å². The summed E-state index contributed by atoms with van der Waals surface area (Å²) in [6.45, 7) is 1.95. The smallest absolute Gasteiger partial charge is 0.272 e. The van der Waals surface area contributed by atoms with Gasteiger partial charge in [0.15, 0.2) is 0 Å². The maximum Gasteiger partial charge on any atom is 0.272 e. The molecule has 9 nitrogen and oxygen atoms in total. The monoisotopic (exact) mass is 457 g/mol. The standard InChI is InChI=1S/C22H23N3O6S/c1-15-2-6-18(7-3-15)31-19-8-4-16(5-9-19)22(32(23,29)30,14-20(26)21(27)25-28)17-10-12-24-13-11-17/h2-13,20,26,28H,14H2,1H3,(H,25,27)(H2,23,29,30)/t20-,22?/m0/s1. The largest absolute Gasteiger partial charge is 0.457 e. The molecule has 1 aromatic heterocycles. The maximum absolute atomic E-state index is 12.9. The first kappa shape index (κ1) is 23.4. The zero-order valence-corrected chi connectivity index (χ0v) is 18.0. The summed E-state index contributed by atoms with van der Waals surface area (Å²) in [6, 6.07) is 16.4. The minimum Gasteiger partial charge on any atom is -0.457 e. The quantitative estimate of drug-likeness (QED) is 0.298. The number of nitrogens with one attached hydrogen (secondary N) is 1. The van der Waals surface area contributed by atoms with Crippen molar-refractivity contribution in [2.24, 2.45) is 5.14 Å². The maximum atomic E-state index is 12.9. The Labute approximate surface area is 185 Å². The van der Waals surface area contributed by atoms with E-state index in [1.54, 1.807) is 24.3 Å². The van der Waals surface area contributed by atoms with Crippen molar-refractivity contribution in [2.45, 2.75) is 24.2 Å². The molecule has 0 aliphatic rings. The lowest BCUT2D eigenvalue weighted by atomic mass is 9.85. The molecule has 0 radical (unpaired) electrons. The van der Waals surface area contributed by atoms with E-state index < -0.39 is 33.2 Å². The lowest BCUT2D eigenvalue weighted by Gasteiger charge is -2.34. The third-order valence-corrected chi connectivity index (χ3v) is 6.71. The van der Waals surface area contributed by atoms with E-state index >= 15 is 0 Å². The number of aliphatic hydroxyl groups excluding tert-OH is 1. The Hall–Kier alpha value is -3.31. The molecule has 0 aliphatic carbocycles. The number of pyridine rings is 1. The number of carbonyl (C=O) groups is 1. The number of primary sulfonamides is 1. The van der Waals surface area contributed by atoms with E-state index in [9.17, 15) is 18.3 Å². The highest BCUT2D eigenvalue weighted by molar-refractivity contribution is 7.90. The minimum atomic E-state index is -4.44. The number of aliphatic hydroxyl groups is 1. The van der Waals surface area contributed by atoms with Crippen LogP contribution in [-0.2, 0) is 19.6 Å². The van der Waals surface area contributed by atoms with Gasteiger partial charge in [0.1, 0.15) is 22.4 Å². The highest BCUT2D eigenvalue weighted by atomic mass is 32.2. The summed E-state index contributed by atoms with van der Waals surface area (Å²) < 4.78 is 29.7. The van der Waals surface area contributed by atoms with E-state index in [1.165, 1.54) is 42.1 Å². The summed E-state index contributed by atoms with van der Waals surface area (Å²) in [5.74, 6) is -0.110. The average Bonchev–Trinajstić information content (AvgIpc) is 2.78. The van der Waals surface area contributed by atoms with E-state index in [1.807, 2.05) is 19.1 Å². The van der Waals surface area contributed by atoms with Gasteiger partial charge in [-0.25, -0.2) is 19.0 Å². The predicted octanol–water partition coefficient (Wildman–Crippen LogP) is 1.97. The van der Waals surface area contributed by atoms with E-state index in [-0.39, 0.29) is 11.1 Å². The first-order chi connectivity index (χ1) is 15.2. The number of benzene rings is 2. The second-order valence-electron chi connectivity index (χ2n) is 7.24. The van der Waals surface area contributed by atoms with Crippen LogP contribution < -0.4 is 15.4 Å². The van der Waals surface area contributed by atoms with E-state index in [4.69, 9.17) is 15.1 Å². The van der Waals surface area contributed by atoms with Crippen LogP contribution in [0.3, 0.4) is 0 Å². The van der Waals surface area contributed by atoms with Gasteiger partial charge in [0, 0.05) is 18.8 Å². The molecular formula is C22H23N3O6S. The van der Waals surface area contributed by atoms with Crippen LogP contribution in [0.5, 0.6) is 11.5 Å². The molecule has 3 rings (SSSR count). The number of sulfonamides is 1. The number of amides is 1. The summed E-state index contributed by atoms with van der Waals surface area (Å²) in [5.41, 5.74) is 2.80. The Bertz CT molecular complexity index is 1170. The van der Waals surface area contributed by atoms with E-state index in [0.29, 0.717) is 11.5 Å². The Morgan fingerprint density at radius 1 is 1.03 bits per heavy atom. The normalized spacial score (nSPS) is 14.2. The predicted molar refractivity (Wildman–Crippen MR) is 116 cm³/mol. The molecule has 32 heavy (non-hydrogen) atoms. The lowest BCUT2D eigenvalue weighted by molar-refractivity contribution is -0.138. The van der Waals surface area contributed by atoms with Crippen molar-refractivity contribution < 1.29 is 28.3 Å². The molecule has 0 fully saturated rings. The number of hydrogen-bond acceptors (Lipinski definition) is 7. The number of aryl methyl sites for hydroxylation is 1. The summed E-state index contributed by atoms with van der Waals surface area (Å²) in [6.07, 6.45) is 0.251. The molecule has 1 unspecified atom stereocenters. The molecule has 2 atom stereocenters. The zero-order chi connectivity index (χ0) is 23.4. The molecular weight excluding hydrogens is 434 g/mol. The minimum absolute atomic E-state index is 0.201. The second-order valence-corrected chi connectivity index (χ2v) is 9.03. The fourth-order valence-electron chi connectivity index (χ4n) is 3.44. The van der Waals surface area contributed by atoms with Crippen LogP contribution in [0, 0.1) is 6.92 Å². The van der Waals surface area contributed by atoms with Crippen molar-refractivity contribution >= 4 is 15.9 Å². The molecule has 10 heteroatoms. The molecule has 1 amide bonds. The molecule has 3 aromatic rings. The molecule has 2 aromatic carbocycles. The summed E-state index contributed by atoms with van der Waals surface area (Å²) in [7, 11) is -4.44. The van der Waals surface area contributed by atoms with Gasteiger partial charge in [-0.1, -0.05) is 29.8 Å². The van der Waals surface area contributed by atoms with Crippen LogP contribution in [0.15, 0.2) is 73.1 Å². The molecule has 168 valence electrons. The highest BCUT2D eigenvalue weighted by Crippen LogP contribution is 2.41. The number of hydroxylamine groups is 1. The molecule has 5 N–H and O–H groups in total. The van der Waals surface area contributed by atoms with Crippen molar-refractivity contribution in [1.29, 1.82) is 0 Å². The van der Waals surface area contributed by atoms with Crippen LogP contribution in [0.4, 0.5) is 0 Å². The Kier molecular flexibility index (Phi) is 6.90. The van der Waals surface area contributed by atoms with Gasteiger partial charge in [0.25, 0.3) is 5.91 Å². The number of nitrogens with zero attached hydrogens (tertiary/aromatic N) is 1. The molecule has 0 aliphatic heterocycles. The molecule has 0 saturated heterocycles. The van der Waals surface area contributed by atoms with Gasteiger partial charge in [-0.05, 0) is 54.4 Å². The molecule has 0 saturated carbocycles. The molecule has 1 heterocycles. The van der Waals surface area contributed by atoms with Crippen LogP contribution in [-0.4, -0.2) is 35.7 Å². The third-order valence-electron chi connectivity index (χ3n) is 5.10. The van der Waals surface area contributed by atoms with Gasteiger partial charge < -0.3 is 9.84 Å². The fourth-order valence-corrected chi connectivity index (χ4v) is 4.76. The van der Waals surface area contributed by atoms with Crippen LogP contribution in [0.1, 0.15) is 23.1 Å². The first-order valence-corrected chi connectivity index (χ1v) is 11.1. The van der Waals surface area contributed by atoms with Crippen LogP contribution in [0.25, 0.3) is 0 Å². The fraction of sp³-hybridized carbons (Fsp3) is 0.182. The van der Waals surface area contributed by atoms with Crippen LogP contribution >= 0.6 is 0 Å². The summed E-state index contributed by atoms with van der Waals surface area (Å²) in [4.78, 5) is 15.7. The van der Waals surface area contributed by atoms with Gasteiger partial charge in [-0.3, -0.25) is 15.0 Å². The second kappa shape index (κ2) is 9.45. The number of ether oxygens (including phenoxy) is 1. The van der Waals surface area contributed by atoms with Crippen LogP contribution in [0.2, 0.25) is 0 Å². The van der Waals surface area contributed by atoms with Gasteiger partial charge in [0.2, 0.25) is 10.0 Å². The van der Waals surface area contributed by atoms with Crippen molar-refractivity contribution in [2.75, 3.05) is 0 Å². The van der Waals surface area contributed by atoms with Gasteiger partial charge in [-0.15, -0.1) is 0 Å². The van der Waals surface area contributed by atoms with Gasteiger partial charge >= 0.3 is 0 Å². The number of nitrogens with two attached hydrogens (primary N) is 1. The van der Waals surface area contributed by atoms with Crippen molar-refractivity contribution in [1.82, 2.24) is 10.5 Å². The number of aromatic nitrogens is 1. The Morgan fingerprint density at radius 3 is 2.03 bits per heavy atom. The van der Waals surface area contributed by atoms with E-state index in [2.05, 4.69) is 4.98 Å². The first-order valence-electron chi connectivity index (χ1n) is 9.57. The number of rotatable bonds is 8. The zero-order valence-electron chi connectivity index (χ0n) is 17.2. The summed E-state index contributed by atoms with van der Waals surface area (Å²) in [5, 5.41) is 24.8. The Morgan fingerprint density at radius 2 is 1.53 bits per heavy atom. The number of hydrogen-bond donors (Lipinski definition) is 4. The van der Waals surface area contributed by atoms with E-state index in [0.717, 1.165) is 5.56 Å². The highest BCUT2D eigenvalue weighted by Gasteiger charge is 2.48. The van der Waals surface area contributed by atoms with Gasteiger partial charge in [-0.2, -0.15) is 0 Å².